The van der Waals surface area contributed by atoms with Crippen molar-refractivity contribution >= 4 is 24.0 Å². The van der Waals surface area contributed by atoms with E-state index in [0.29, 0.717) is 11.9 Å². The molecule has 0 atom stereocenters. The van der Waals surface area contributed by atoms with E-state index >= 15 is 0 Å². The van der Waals surface area contributed by atoms with Crippen LogP contribution < -0.4 is 10.6 Å². The van der Waals surface area contributed by atoms with Crippen molar-refractivity contribution in [2.75, 3.05) is 31.5 Å². The molecule has 0 aliphatic carbocycles. The van der Waals surface area contributed by atoms with Gasteiger partial charge in [0.25, 0.3) is 0 Å². The number of piperidine rings is 1. The fraction of sp³-hybridized carbons (Fsp3) is 0.562. The van der Waals surface area contributed by atoms with Crippen LogP contribution in [0.25, 0.3) is 0 Å². The summed E-state index contributed by atoms with van der Waals surface area (Å²) in [6.07, 6.45) is 2.08. The molecule has 4 nitrogen and oxygen atoms in total. The molecule has 0 unspecified atom stereocenters. The first-order valence-corrected chi connectivity index (χ1v) is 7.55. The Labute approximate surface area is 132 Å². The second kappa shape index (κ2) is 7.14. The van der Waals surface area contributed by atoms with Gasteiger partial charge in [-0.3, -0.25) is 4.79 Å². The smallest absolute Gasteiger partial charge is 0.228 e. The van der Waals surface area contributed by atoms with Crippen LogP contribution in [0.2, 0.25) is 0 Å². The molecule has 1 amide bonds. The van der Waals surface area contributed by atoms with E-state index < -0.39 is 0 Å². The number of rotatable bonds is 3. The van der Waals surface area contributed by atoms with Gasteiger partial charge < -0.3 is 15.5 Å². The van der Waals surface area contributed by atoms with Gasteiger partial charge in [-0.1, -0.05) is 12.1 Å². The molecule has 0 saturated carbocycles. The van der Waals surface area contributed by atoms with Crippen LogP contribution in [0.3, 0.4) is 0 Å². The molecule has 0 radical (unpaired) electrons. The molecule has 1 aromatic rings. The predicted molar refractivity (Wildman–Crippen MR) is 88.0 cm³/mol. The van der Waals surface area contributed by atoms with Crippen molar-refractivity contribution < 1.29 is 4.79 Å². The van der Waals surface area contributed by atoms with Gasteiger partial charge in [-0.15, -0.1) is 12.4 Å². The van der Waals surface area contributed by atoms with Crippen LogP contribution in [-0.4, -0.2) is 43.0 Å². The largest absolute Gasteiger partial charge is 0.382 e. The second-order valence-electron chi connectivity index (χ2n) is 5.97. The standard InChI is InChI=1S/C16H23N3O.ClH/c1-12-3-2-4-15(9-12)18-14-5-7-19(8-6-14)16(20)13-10-17-11-13;/h2-4,9,13-14,17-18H,5-8,10-11H2,1H3;1H. The highest BCUT2D eigenvalue weighted by Gasteiger charge is 2.31. The number of nitrogens with zero attached hydrogens (tertiary/aromatic N) is 1. The minimum Gasteiger partial charge on any atom is -0.382 e. The Hall–Kier alpha value is -1.26. The van der Waals surface area contributed by atoms with E-state index in [-0.39, 0.29) is 18.3 Å². The van der Waals surface area contributed by atoms with Gasteiger partial charge >= 0.3 is 0 Å². The quantitative estimate of drug-likeness (QED) is 0.898. The Morgan fingerprint density at radius 2 is 2.00 bits per heavy atom. The molecular weight excluding hydrogens is 286 g/mol. The Bertz CT molecular complexity index is 482. The molecule has 116 valence electrons. The summed E-state index contributed by atoms with van der Waals surface area (Å²) in [5.41, 5.74) is 2.47. The predicted octanol–water partition coefficient (Wildman–Crippen LogP) is 2.04. The summed E-state index contributed by atoms with van der Waals surface area (Å²) < 4.78 is 0. The third kappa shape index (κ3) is 3.89. The minimum absolute atomic E-state index is 0. The molecular formula is C16H24ClN3O. The minimum atomic E-state index is 0. The van der Waals surface area contributed by atoms with Gasteiger partial charge in [-0.25, -0.2) is 0 Å². The third-order valence-electron chi connectivity index (χ3n) is 4.33. The maximum atomic E-state index is 12.2. The van der Waals surface area contributed by atoms with E-state index in [1.54, 1.807) is 0 Å². The van der Waals surface area contributed by atoms with Gasteiger partial charge in [-0.2, -0.15) is 0 Å². The molecule has 2 aliphatic rings. The molecule has 0 spiro atoms. The van der Waals surface area contributed by atoms with Crippen molar-refractivity contribution in [3.8, 4) is 0 Å². The van der Waals surface area contributed by atoms with E-state index in [1.165, 1.54) is 11.3 Å². The summed E-state index contributed by atoms with van der Waals surface area (Å²) >= 11 is 0. The fourth-order valence-corrected chi connectivity index (χ4v) is 2.94. The van der Waals surface area contributed by atoms with Gasteiger partial charge in [0, 0.05) is 37.9 Å². The fourth-order valence-electron chi connectivity index (χ4n) is 2.94. The number of carbonyl (C=O) groups excluding carboxylic acids is 1. The van der Waals surface area contributed by atoms with Crippen LogP contribution in [0.15, 0.2) is 24.3 Å². The molecule has 5 heteroatoms. The summed E-state index contributed by atoms with van der Waals surface area (Å²) in [5, 5.41) is 6.76. The average molecular weight is 310 g/mol. The molecule has 3 rings (SSSR count). The van der Waals surface area contributed by atoms with Crippen molar-refractivity contribution in [1.82, 2.24) is 10.2 Å². The number of likely N-dealkylation sites (tertiary alicyclic amines) is 1. The number of halogens is 1. The topological polar surface area (TPSA) is 44.4 Å². The van der Waals surface area contributed by atoms with E-state index in [9.17, 15) is 4.79 Å². The highest BCUT2D eigenvalue weighted by molar-refractivity contribution is 5.85. The number of nitrogens with one attached hydrogen (secondary N) is 2. The Morgan fingerprint density at radius 3 is 2.57 bits per heavy atom. The number of hydrogen-bond acceptors (Lipinski definition) is 3. The van der Waals surface area contributed by atoms with Crippen molar-refractivity contribution in [2.45, 2.75) is 25.8 Å². The lowest BCUT2D eigenvalue weighted by atomic mass is 9.98. The van der Waals surface area contributed by atoms with Crippen LogP contribution in [0.5, 0.6) is 0 Å². The summed E-state index contributed by atoms with van der Waals surface area (Å²) in [7, 11) is 0. The Kier molecular flexibility index (Phi) is 5.48. The number of amides is 1. The maximum absolute atomic E-state index is 12.2. The number of aryl methyl sites for hydroxylation is 1. The van der Waals surface area contributed by atoms with Gasteiger partial charge in [0.2, 0.25) is 5.91 Å². The van der Waals surface area contributed by atoms with E-state index in [2.05, 4.69) is 41.8 Å². The summed E-state index contributed by atoms with van der Waals surface area (Å²) in [5.74, 6) is 0.578. The first-order valence-electron chi connectivity index (χ1n) is 7.55. The molecule has 2 fully saturated rings. The van der Waals surface area contributed by atoms with Crippen LogP contribution >= 0.6 is 12.4 Å². The monoisotopic (exact) mass is 309 g/mol. The molecule has 2 saturated heterocycles. The number of benzene rings is 1. The Morgan fingerprint density at radius 1 is 1.29 bits per heavy atom. The lowest BCUT2D eigenvalue weighted by molar-refractivity contribution is -0.138. The lowest BCUT2D eigenvalue weighted by Gasteiger charge is -2.37. The van der Waals surface area contributed by atoms with Gasteiger partial charge in [0.15, 0.2) is 0 Å². The average Bonchev–Trinajstić information content (AvgIpc) is 2.37. The SMILES string of the molecule is Cc1cccc(NC2CCN(C(=O)C3CNC3)CC2)c1.Cl. The zero-order chi connectivity index (χ0) is 13.9. The van der Waals surface area contributed by atoms with Crippen LogP contribution in [0.1, 0.15) is 18.4 Å². The van der Waals surface area contributed by atoms with Crippen LogP contribution in [0.4, 0.5) is 5.69 Å². The highest BCUT2D eigenvalue weighted by atomic mass is 35.5. The van der Waals surface area contributed by atoms with E-state index in [1.807, 2.05) is 4.90 Å². The molecule has 1 aromatic carbocycles. The molecule has 0 bridgehead atoms. The molecule has 0 aromatic heterocycles. The van der Waals surface area contributed by atoms with Crippen LogP contribution in [0, 0.1) is 12.8 Å². The summed E-state index contributed by atoms with van der Waals surface area (Å²) in [4.78, 5) is 14.2. The molecule has 21 heavy (non-hydrogen) atoms. The van der Waals surface area contributed by atoms with Crippen molar-refractivity contribution in [1.29, 1.82) is 0 Å². The third-order valence-corrected chi connectivity index (χ3v) is 4.33. The number of anilines is 1. The van der Waals surface area contributed by atoms with Gasteiger partial charge in [0.05, 0.1) is 5.92 Å². The van der Waals surface area contributed by atoms with Crippen molar-refractivity contribution in [2.24, 2.45) is 5.92 Å². The molecule has 2 N–H and O–H groups in total. The Balaban J connectivity index is 0.00000161. The van der Waals surface area contributed by atoms with E-state index in [0.717, 1.165) is 39.0 Å². The number of hydrogen-bond donors (Lipinski definition) is 2. The normalized spacial score (nSPS) is 19.6. The second-order valence-corrected chi connectivity index (χ2v) is 5.97. The van der Waals surface area contributed by atoms with Crippen molar-refractivity contribution in [3.05, 3.63) is 29.8 Å². The summed E-state index contributed by atoms with van der Waals surface area (Å²) in [6.45, 7) is 5.61. The van der Waals surface area contributed by atoms with E-state index in [4.69, 9.17) is 0 Å². The van der Waals surface area contributed by atoms with Gasteiger partial charge in [-0.05, 0) is 37.5 Å². The number of carbonyl (C=O) groups is 1. The van der Waals surface area contributed by atoms with Gasteiger partial charge in [0.1, 0.15) is 0 Å². The zero-order valence-electron chi connectivity index (χ0n) is 12.5. The maximum Gasteiger partial charge on any atom is 0.228 e. The first-order chi connectivity index (χ1) is 9.72. The first kappa shape index (κ1) is 16.1. The van der Waals surface area contributed by atoms with Crippen molar-refractivity contribution in [3.63, 3.8) is 0 Å². The summed E-state index contributed by atoms with van der Waals surface area (Å²) in [6, 6.07) is 8.97. The lowest BCUT2D eigenvalue weighted by Crippen LogP contribution is -2.54. The van der Waals surface area contributed by atoms with Crippen LogP contribution in [-0.2, 0) is 4.79 Å². The zero-order valence-corrected chi connectivity index (χ0v) is 13.3. The molecule has 2 heterocycles. The highest BCUT2D eigenvalue weighted by Crippen LogP contribution is 2.19. The molecule has 2 aliphatic heterocycles.